The predicted octanol–water partition coefficient (Wildman–Crippen LogP) is 2.45. The summed E-state index contributed by atoms with van der Waals surface area (Å²) in [7, 11) is 3.39. The molecule has 1 fully saturated rings. The number of nitrogens with one attached hydrogen (secondary N) is 2. The highest BCUT2D eigenvalue weighted by Gasteiger charge is 2.26. The molecular weight excluding hydrogens is 490 g/mol. The van der Waals surface area contributed by atoms with Crippen LogP contribution in [0, 0.1) is 5.82 Å². The molecule has 0 saturated carbocycles. The maximum atomic E-state index is 13.9. The number of ether oxygens (including phenoxy) is 1. The highest BCUT2D eigenvalue weighted by Crippen LogP contribution is 2.20. The van der Waals surface area contributed by atoms with E-state index in [4.69, 9.17) is 4.74 Å². The van der Waals surface area contributed by atoms with Crippen LogP contribution in [0.4, 0.5) is 15.0 Å². The number of anilines is 1. The molecule has 29 heavy (non-hydrogen) atoms. The van der Waals surface area contributed by atoms with Crippen LogP contribution in [0.15, 0.2) is 23.3 Å². The largest absolute Gasteiger partial charge is 0.444 e. The Bertz CT molecular complexity index is 698. The summed E-state index contributed by atoms with van der Waals surface area (Å²) in [5.74, 6) is 0.718. The lowest BCUT2D eigenvalue weighted by Crippen LogP contribution is -2.47. The Hall–Kier alpha value is -1.85. The molecule has 8 nitrogen and oxygen atoms in total. The van der Waals surface area contributed by atoms with E-state index in [2.05, 4.69) is 20.6 Å². The SMILES string of the molecule is CN=C(NCCN(C)C(=O)OC(C)(C)C)NC1CCN(c2ncccc2F)C1.I. The van der Waals surface area contributed by atoms with Crippen molar-refractivity contribution in [3.05, 3.63) is 24.1 Å². The molecule has 2 heterocycles. The number of amides is 1. The number of nitrogens with zero attached hydrogens (tertiary/aromatic N) is 4. The number of pyridine rings is 1. The molecule has 0 bridgehead atoms. The molecule has 1 aromatic rings. The van der Waals surface area contributed by atoms with Gasteiger partial charge in [-0.25, -0.2) is 14.2 Å². The molecule has 2 rings (SSSR count). The number of carbonyl (C=O) groups is 1. The number of rotatable bonds is 5. The molecule has 2 N–H and O–H groups in total. The Balaban J connectivity index is 0.00000420. The zero-order chi connectivity index (χ0) is 20.7. The van der Waals surface area contributed by atoms with Gasteiger partial charge in [0.2, 0.25) is 0 Å². The number of likely N-dealkylation sites (N-methyl/N-ethyl adjacent to an activating group) is 1. The molecule has 1 unspecified atom stereocenters. The lowest BCUT2D eigenvalue weighted by molar-refractivity contribution is 0.0302. The molecular formula is C19H32FIN6O2. The predicted molar refractivity (Wildman–Crippen MR) is 124 cm³/mol. The highest BCUT2D eigenvalue weighted by molar-refractivity contribution is 14.0. The van der Waals surface area contributed by atoms with Crippen LogP contribution in [-0.4, -0.2) is 73.9 Å². The van der Waals surface area contributed by atoms with Crippen molar-refractivity contribution in [1.82, 2.24) is 20.5 Å². The van der Waals surface area contributed by atoms with E-state index in [1.807, 2.05) is 25.7 Å². The smallest absolute Gasteiger partial charge is 0.410 e. The Kier molecular flexibility index (Phi) is 9.87. The number of aliphatic imine (C=N–C) groups is 1. The van der Waals surface area contributed by atoms with Crippen LogP contribution in [0.1, 0.15) is 27.2 Å². The number of guanidine groups is 1. The van der Waals surface area contributed by atoms with E-state index in [0.29, 0.717) is 31.4 Å². The fourth-order valence-electron chi connectivity index (χ4n) is 2.84. The van der Waals surface area contributed by atoms with Gasteiger partial charge in [0.05, 0.1) is 0 Å². The van der Waals surface area contributed by atoms with E-state index in [1.165, 1.54) is 11.0 Å². The number of halogens is 2. The van der Waals surface area contributed by atoms with Crippen LogP contribution >= 0.6 is 24.0 Å². The third-order valence-corrected chi connectivity index (χ3v) is 4.24. The van der Waals surface area contributed by atoms with Crippen molar-refractivity contribution in [3.8, 4) is 0 Å². The first-order chi connectivity index (χ1) is 13.2. The molecule has 1 aliphatic heterocycles. The Morgan fingerprint density at radius 3 is 2.83 bits per heavy atom. The van der Waals surface area contributed by atoms with Gasteiger partial charge in [-0.2, -0.15) is 0 Å². The maximum Gasteiger partial charge on any atom is 0.410 e. The van der Waals surface area contributed by atoms with Crippen molar-refractivity contribution in [2.45, 2.75) is 38.8 Å². The van der Waals surface area contributed by atoms with Crippen LogP contribution in [0.25, 0.3) is 0 Å². The van der Waals surface area contributed by atoms with E-state index in [1.54, 1.807) is 26.4 Å². The molecule has 1 aliphatic rings. The maximum absolute atomic E-state index is 13.9. The Labute approximate surface area is 189 Å². The average Bonchev–Trinajstić information content (AvgIpc) is 3.07. The summed E-state index contributed by atoms with van der Waals surface area (Å²) in [4.78, 5) is 23.8. The number of hydrogen-bond donors (Lipinski definition) is 2. The van der Waals surface area contributed by atoms with Gasteiger partial charge in [-0.05, 0) is 39.3 Å². The zero-order valence-corrected chi connectivity index (χ0v) is 20.1. The molecule has 0 aromatic carbocycles. The first-order valence-corrected chi connectivity index (χ1v) is 9.46. The number of hydrogen-bond acceptors (Lipinski definition) is 5. The van der Waals surface area contributed by atoms with Gasteiger partial charge in [0.1, 0.15) is 5.60 Å². The van der Waals surface area contributed by atoms with Crippen molar-refractivity contribution >= 4 is 41.8 Å². The third-order valence-electron chi connectivity index (χ3n) is 4.24. The second kappa shape index (κ2) is 11.4. The van der Waals surface area contributed by atoms with Crippen LogP contribution in [-0.2, 0) is 4.74 Å². The van der Waals surface area contributed by atoms with Crippen LogP contribution in [0.2, 0.25) is 0 Å². The number of carbonyl (C=O) groups excluding carboxylic acids is 1. The molecule has 1 aromatic heterocycles. The fraction of sp³-hybridized carbons (Fsp3) is 0.632. The lowest BCUT2D eigenvalue weighted by atomic mass is 10.2. The van der Waals surface area contributed by atoms with Crippen LogP contribution in [0.5, 0.6) is 0 Å². The van der Waals surface area contributed by atoms with Crippen molar-refractivity contribution in [1.29, 1.82) is 0 Å². The van der Waals surface area contributed by atoms with Gasteiger partial charge in [0, 0.05) is 52.5 Å². The second-order valence-electron chi connectivity index (χ2n) is 7.79. The summed E-state index contributed by atoms with van der Waals surface area (Å²) >= 11 is 0. The second-order valence-corrected chi connectivity index (χ2v) is 7.79. The van der Waals surface area contributed by atoms with E-state index in [0.717, 1.165) is 13.0 Å². The standard InChI is InChI=1S/C19H31FN6O2.HI/c1-19(2,3)28-18(27)25(5)12-10-23-17(21-4)24-14-8-11-26(13-14)16-15(20)7-6-9-22-16;/h6-7,9,14H,8,10-13H2,1-5H3,(H2,21,23,24);1H. The van der Waals surface area contributed by atoms with Gasteiger partial charge in [0.15, 0.2) is 17.6 Å². The van der Waals surface area contributed by atoms with Crippen molar-refractivity contribution in [2.24, 2.45) is 4.99 Å². The van der Waals surface area contributed by atoms with E-state index < -0.39 is 5.60 Å². The molecule has 10 heteroatoms. The van der Waals surface area contributed by atoms with Gasteiger partial charge >= 0.3 is 6.09 Å². The first-order valence-electron chi connectivity index (χ1n) is 9.46. The summed E-state index contributed by atoms with van der Waals surface area (Å²) in [5, 5.41) is 6.53. The Morgan fingerprint density at radius 1 is 1.48 bits per heavy atom. The summed E-state index contributed by atoms with van der Waals surface area (Å²) in [6, 6.07) is 3.14. The van der Waals surface area contributed by atoms with Crippen molar-refractivity contribution < 1.29 is 13.9 Å². The molecule has 0 spiro atoms. The molecule has 164 valence electrons. The van der Waals surface area contributed by atoms with Crippen molar-refractivity contribution in [3.63, 3.8) is 0 Å². The highest BCUT2D eigenvalue weighted by atomic mass is 127. The summed E-state index contributed by atoms with van der Waals surface area (Å²) in [5.41, 5.74) is -0.516. The molecule has 1 saturated heterocycles. The quantitative estimate of drug-likeness (QED) is 0.352. The molecule has 1 amide bonds. The molecule has 0 radical (unpaired) electrons. The van der Waals surface area contributed by atoms with Crippen molar-refractivity contribution in [2.75, 3.05) is 45.2 Å². The van der Waals surface area contributed by atoms with Gasteiger partial charge in [0.25, 0.3) is 0 Å². The topological polar surface area (TPSA) is 82.1 Å². The zero-order valence-electron chi connectivity index (χ0n) is 17.7. The number of aromatic nitrogens is 1. The minimum atomic E-state index is -0.516. The average molecular weight is 522 g/mol. The molecule has 0 aliphatic carbocycles. The minimum Gasteiger partial charge on any atom is -0.444 e. The molecule has 1 atom stereocenters. The normalized spacial score (nSPS) is 16.8. The van der Waals surface area contributed by atoms with Gasteiger partial charge in [-0.15, -0.1) is 24.0 Å². The van der Waals surface area contributed by atoms with E-state index >= 15 is 0 Å². The van der Waals surface area contributed by atoms with Gasteiger partial charge < -0.3 is 25.2 Å². The summed E-state index contributed by atoms with van der Waals surface area (Å²) in [6.45, 7) is 7.89. The minimum absolute atomic E-state index is 0. The monoisotopic (exact) mass is 522 g/mol. The van der Waals surface area contributed by atoms with Gasteiger partial charge in [-0.1, -0.05) is 0 Å². The summed E-state index contributed by atoms with van der Waals surface area (Å²) in [6.07, 6.45) is 2.09. The van der Waals surface area contributed by atoms with E-state index in [9.17, 15) is 9.18 Å². The fourth-order valence-corrected chi connectivity index (χ4v) is 2.84. The summed E-state index contributed by atoms with van der Waals surface area (Å²) < 4.78 is 19.2. The van der Waals surface area contributed by atoms with E-state index in [-0.39, 0.29) is 41.9 Å². The van der Waals surface area contributed by atoms with Crippen LogP contribution < -0.4 is 15.5 Å². The third kappa shape index (κ3) is 8.19. The Morgan fingerprint density at radius 2 is 2.21 bits per heavy atom. The lowest BCUT2D eigenvalue weighted by Gasteiger charge is -2.25. The first kappa shape index (κ1) is 25.2. The van der Waals surface area contributed by atoms with Gasteiger partial charge in [-0.3, -0.25) is 4.99 Å². The van der Waals surface area contributed by atoms with Crippen LogP contribution in [0.3, 0.4) is 0 Å².